The van der Waals surface area contributed by atoms with Crippen molar-refractivity contribution in [1.82, 2.24) is 29.3 Å². The lowest BCUT2D eigenvalue weighted by Gasteiger charge is -2.37. The number of amides is 2. The number of alkyl halides is 2. The van der Waals surface area contributed by atoms with Crippen LogP contribution in [0, 0.1) is 17.8 Å². The second kappa shape index (κ2) is 11.0. The minimum Gasteiger partial charge on any atom is -0.494 e. The van der Waals surface area contributed by atoms with E-state index in [2.05, 4.69) is 5.32 Å². The fraction of sp³-hybridized carbons (Fsp3) is 0.543. The van der Waals surface area contributed by atoms with Crippen LogP contribution in [-0.2, 0) is 18.4 Å². The predicted molar refractivity (Wildman–Crippen MR) is 173 cm³/mol. The Kier molecular flexibility index (Phi) is 6.55. The summed E-state index contributed by atoms with van der Waals surface area (Å²) in [6.07, 6.45) is 3.43. The van der Waals surface area contributed by atoms with Crippen LogP contribution in [-0.4, -0.2) is 67.4 Å². The van der Waals surface area contributed by atoms with Gasteiger partial charge in [-0.2, -0.15) is 0 Å². The molecule has 5 heterocycles. The summed E-state index contributed by atoms with van der Waals surface area (Å²) in [5, 5.41) is 3.71. The number of benzene rings is 1. The average molecular weight is 648 g/mol. The number of nitrogens with zero attached hydrogens (tertiary/aromatic N) is 5. The number of piperidine rings is 1. The molecular formula is C35H41F2N7O3. The molecule has 3 aromatic heterocycles. The third kappa shape index (κ3) is 5.15. The molecule has 2 saturated carbocycles. The molecule has 47 heavy (non-hydrogen) atoms. The smallest absolute Gasteiger partial charge is 0.265 e. The van der Waals surface area contributed by atoms with Gasteiger partial charge in [0.2, 0.25) is 5.91 Å². The summed E-state index contributed by atoms with van der Waals surface area (Å²) in [7, 11) is 3.25. The number of hydrogen-bond donors (Lipinski definition) is 2. The Morgan fingerprint density at radius 1 is 1.15 bits per heavy atom. The lowest BCUT2D eigenvalue weighted by Crippen LogP contribution is -2.51. The van der Waals surface area contributed by atoms with Gasteiger partial charge in [-0.3, -0.25) is 9.59 Å². The molecular weight excluding hydrogens is 604 g/mol. The molecule has 3 fully saturated rings. The van der Waals surface area contributed by atoms with Crippen LogP contribution in [0.1, 0.15) is 76.7 Å². The first-order valence-corrected chi connectivity index (χ1v) is 16.6. The van der Waals surface area contributed by atoms with Gasteiger partial charge in [0.1, 0.15) is 16.9 Å². The van der Waals surface area contributed by atoms with Crippen LogP contribution in [0.5, 0.6) is 5.75 Å². The molecule has 0 spiro atoms. The molecule has 8 rings (SSSR count). The van der Waals surface area contributed by atoms with Crippen molar-refractivity contribution in [3.05, 3.63) is 41.6 Å². The molecule has 2 aliphatic heterocycles. The molecule has 4 aromatic rings. The molecule has 12 heteroatoms. The highest BCUT2D eigenvalue weighted by Gasteiger charge is 2.44. The molecule has 4 aliphatic rings. The number of likely N-dealkylation sites (tertiary alicyclic amines) is 1. The first-order valence-electron chi connectivity index (χ1n) is 17.6. The van der Waals surface area contributed by atoms with Gasteiger partial charge in [-0.15, -0.1) is 0 Å². The zero-order valence-corrected chi connectivity index (χ0v) is 26.8. The molecule has 2 amide bonds. The van der Waals surface area contributed by atoms with Crippen molar-refractivity contribution in [3.8, 4) is 17.3 Å². The van der Waals surface area contributed by atoms with E-state index in [-0.39, 0.29) is 41.7 Å². The number of fused-ring (bicyclic) bond motifs is 5. The van der Waals surface area contributed by atoms with E-state index in [1.165, 1.54) is 16.6 Å². The lowest BCUT2D eigenvalue weighted by molar-refractivity contribution is -0.123. The number of aromatic nitrogens is 4. The molecule has 6 atom stereocenters. The summed E-state index contributed by atoms with van der Waals surface area (Å²) < 4.78 is 58.1. The van der Waals surface area contributed by atoms with Crippen LogP contribution in [0.2, 0.25) is 0 Å². The maximum absolute atomic E-state index is 15.8. The molecule has 2 aliphatic carbocycles. The van der Waals surface area contributed by atoms with E-state index in [1.54, 1.807) is 29.8 Å². The number of nitrogens with one attached hydrogen (secondary N) is 1. The second-order valence-electron chi connectivity index (χ2n) is 13.9. The van der Waals surface area contributed by atoms with E-state index in [0.29, 0.717) is 70.7 Å². The van der Waals surface area contributed by atoms with Crippen molar-refractivity contribution in [2.24, 2.45) is 30.5 Å². The molecule has 10 nitrogen and oxygen atoms in total. The SMILES string of the molecule is [2H]C1([2H])[C@H](N)[C@@H]2CC[C@@H](C2)N1C(=O)c1cc(OC)c2c(c1)nc(-c1cc3ccc4nc3n1CC(F)(F)CCC[C@@H]1C[C@H]1C(=O)N[C@@H]4C)n2C. The third-order valence-electron chi connectivity index (χ3n) is 10.8. The monoisotopic (exact) mass is 647 g/mol. The Labute approximate surface area is 274 Å². The highest BCUT2D eigenvalue weighted by Crippen LogP contribution is 2.44. The van der Waals surface area contributed by atoms with Gasteiger partial charge >= 0.3 is 0 Å². The normalized spacial score (nSPS) is 30.4. The van der Waals surface area contributed by atoms with Crippen LogP contribution < -0.4 is 15.8 Å². The summed E-state index contributed by atoms with van der Waals surface area (Å²) in [6.45, 7) is -0.771. The highest BCUT2D eigenvalue weighted by molar-refractivity contribution is 6.00. The van der Waals surface area contributed by atoms with Gasteiger partial charge in [0.05, 0.1) is 39.3 Å². The summed E-state index contributed by atoms with van der Waals surface area (Å²) in [4.78, 5) is 37.9. The lowest BCUT2D eigenvalue weighted by atomic mass is 9.94. The fourth-order valence-electron chi connectivity index (χ4n) is 8.05. The number of aryl methyl sites for hydroxylation is 1. The van der Waals surface area contributed by atoms with Crippen LogP contribution in [0.3, 0.4) is 0 Å². The van der Waals surface area contributed by atoms with Crippen molar-refractivity contribution < 1.29 is 25.8 Å². The van der Waals surface area contributed by atoms with E-state index in [1.807, 2.05) is 19.1 Å². The summed E-state index contributed by atoms with van der Waals surface area (Å²) in [6, 6.07) is 7.18. The van der Waals surface area contributed by atoms with Crippen LogP contribution in [0.4, 0.5) is 8.78 Å². The van der Waals surface area contributed by atoms with Gasteiger partial charge in [-0.25, -0.2) is 18.7 Å². The van der Waals surface area contributed by atoms with Crippen LogP contribution in [0.15, 0.2) is 30.3 Å². The Morgan fingerprint density at radius 3 is 2.79 bits per heavy atom. The minimum atomic E-state index is -3.05. The Balaban J connectivity index is 1.24. The second-order valence-corrected chi connectivity index (χ2v) is 13.9. The number of pyridine rings is 1. The first kappa shape index (κ1) is 28.0. The standard InChI is InChI=1S/C35H41F2N7O3/c1-18-26-9-7-21-14-28(44(31(21)40-26)17-35(36,37)10-4-5-19-12-24(19)33(45)39-18)32-41-27-13-22(15-29(47-3)30(27)42(32)2)34(46)43-16-25(38)20-6-8-23(43)11-20/h7,9,13-15,18-20,23-25H,4-6,8,10-12,16-17,38H2,1-3H3,(H,39,45)/t18-,19-,20-,23+,24-,25+/m1/s1/i16D2. The number of rotatable bonds is 3. The molecule has 3 N–H and O–H groups in total. The Hall–Kier alpha value is -4.06. The van der Waals surface area contributed by atoms with Crippen molar-refractivity contribution in [2.75, 3.05) is 13.6 Å². The Morgan fingerprint density at radius 2 is 1.98 bits per heavy atom. The number of methoxy groups -OCH3 is 1. The van der Waals surface area contributed by atoms with E-state index in [9.17, 15) is 9.59 Å². The largest absolute Gasteiger partial charge is 0.494 e. The summed E-state index contributed by atoms with van der Waals surface area (Å²) in [5.41, 5.74) is 8.86. The first-order chi connectivity index (χ1) is 23.3. The third-order valence-corrected chi connectivity index (χ3v) is 10.8. The number of hydrogen-bond acceptors (Lipinski definition) is 6. The molecule has 0 unspecified atom stereocenters. The van der Waals surface area contributed by atoms with Crippen molar-refractivity contribution >= 4 is 33.9 Å². The van der Waals surface area contributed by atoms with Crippen LogP contribution >= 0.6 is 0 Å². The van der Waals surface area contributed by atoms with E-state index >= 15 is 8.78 Å². The highest BCUT2D eigenvalue weighted by atomic mass is 19.3. The van der Waals surface area contributed by atoms with E-state index < -0.39 is 37.0 Å². The van der Waals surface area contributed by atoms with Gasteiger partial charge < -0.3 is 29.8 Å². The van der Waals surface area contributed by atoms with Crippen molar-refractivity contribution in [3.63, 3.8) is 0 Å². The number of carbonyl (C=O) groups is 2. The number of halogens is 2. The van der Waals surface area contributed by atoms with Gasteiger partial charge in [-0.1, -0.05) is 0 Å². The predicted octanol–water partition coefficient (Wildman–Crippen LogP) is 5.18. The number of carbonyl (C=O) groups excluding carboxylic acids is 2. The van der Waals surface area contributed by atoms with Gasteiger partial charge in [-0.05, 0) is 87.6 Å². The van der Waals surface area contributed by atoms with Gasteiger partial charge in [0.25, 0.3) is 11.8 Å². The van der Waals surface area contributed by atoms with Gasteiger partial charge in [0.15, 0.2) is 5.82 Å². The molecule has 1 saturated heterocycles. The number of ether oxygens (including phenoxy) is 1. The minimum absolute atomic E-state index is 0.0356. The molecule has 4 bridgehead atoms. The summed E-state index contributed by atoms with van der Waals surface area (Å²) >= 11 is 0. The molecule has 0 radical (unpaired) electrons. The Bertz CT molecular complexity index is 2010. The van der Waals surface area contributed by atoms with Crippen molar-refractivity contribution in [1.29, 1.82) is 0 Å². The molecule has 1 aromatic carbocycles. The molecule has 248 valence electrons. The van der Waals surface area contributed by atoms with E-state index in [4.69, 9.17) is 23.2 Å². The fourth-order valence-corrected chi connectivity index (χ4v) is 8.05. The maximum atomic E-state index is 15.8. The zero-order chi connectivity index (χ0) is 34.6. The topological polar surface area (TPSA) is 120 Å². The van der Waals surface area contributed by atoms with Crippen LogP contribution in [0.25, 0.3) is 33.6 Å². The van der Waals surface area contributed by atoms with Gasteiger partial charge in [0, 0.05) is 48.9 Å². The maximum Gasteiger partial charge on any atom is 0.265 e. The van der Waals surface area contributed by atoms with E-state index in [0.717, 1.165) is 12.8 Å². The van der Waals surface area contributed by atoms with Crippen molar-refractivity contribution in [2.45, 2.75) is 82.5 Å². The quantitative estimate of drug-likeness (QED) is 0.316. The number of nitrogens with two attached hydrogens (primary N) is 1. The number of imidazole rings is 1. The average Bonchev–Trinajstić information content (AvgIpc) is 3.37. The zero-order valence-electron chi connectivity index (χ0n) is 28.8. The summed E-state index contributed by atoms with van der Waals surface area (Å²) in [5.74, 6) is -2.83.